The Labute approximate surface area is 117 Å². The first kappa shape index (κ1) is 14.3. The number of rotatable bonds is 2. The maximum absolute atomic E-state index is 12.5. The number of nitrogens with zero attached hydrogens (tertiary/aromatic N) is 2. The quantitative estimate of drug-likeness (QED) is 0.510. The lowest BCUT2D eigenvalue weighted by molar-refractivity contribution is -0.383. The van der Waals surface area contributed by atoms with Crippen molar-refractivity contribution < 1.29 is 9.72 Å². The lowest BCUT2D eigenvalue weighted by Gasteiger charge is -2.38. The highest BCUT2D eigenvalue weighted by Gasteiger charge is 2.31. The van der Waals surface area contributed by atoms with Crippen molar-refractivity contribution in [3.05, 3.63) is 33.9 Å². The fraction of sp³-hybridized carbons (Fsp3) is 0.500. The van der Waals surface area contributed by atoms with Gasteiger partial charge in [0.15, 0.2) is 0 Å². The van der Waals surface area contributed by atoms with E-state index in [1.165, 1.54) is 12.1 Å². The minimum Gasteiger partial charge on any atom is -0.393 e. The highest BCUT2D eigenvalue weighted by atomic mass is 16.6. The molecule has 2 rings (SSSR count). The van der Waals surface area contributed by atoms with Crippen LogP contribution in [0.15, 0.2) is 18.2 Å². The van der Waals surface area contributed by atoms with Crippen LogP contribution in [0.2, 0.25) is 0 Å². The molecule has 0 saturated carbocycles. The van der Waals surface area contributed by atoms with E-state index in [4.69, 9.17) is 5.73 Å². The van der Waals surface area contributed by atoms with Crippen molar-refractivity contribution in [2.45, 2.75) is 26.7 Å². The molecule has 6 nitrogen and oxygen atoms in total. The summed E-state index contributed by atoms with van der Waals surface area (Å²) in [6.45, 7) is 5.55. The van der Waals surface area contributed by atoms with Gasteiger partial charge in [0.2, 0.25) is 0 Å². The van der Waals surface area contributed by atoms with Crippen molar-refractivity contribution in [3.8, 4) is 0 Å². The molecule has 1 aliphatic heterocycles. The summed E-state index contributed by atoms with van der Waals surface area (Å²) in [6.07, 6.45) is 2.01. The molecule has 0 unspecified atom stereocenters. The van der Waals surface area contributed by atoms with Gasteiger partial charge in [-0.3, -0.25) is 14.9 Å². The fourth-order valence-electron chi connectivity index (χ4n) is 2.67. The van der Waals surface area contributed by atoms with E-state index in [0.717, 1.165) is 12.8 Å². The molecule has 2 N–H and O–H groups in total. The number of benzene rings is 1. The van der Waals surface area contributed by atoms with Crippen molar-refractivity contribution in [2.75, 3.05) is 18.8 Å². The van der Waals surface area contributed by atoms with E-state index < -0.39 is 4.92 Å². The zero-order valence-electron chi connectivity index (χ0n) is 11.8. The van der Waals surface area contributed by atoms with Gasteiger partial charge >= 0.3 is 0 Å². The van der Waals surface area contributed by atoms with Crippen LogP contribution in [0.5, 0.6) is 0 Å². The Morgan fingerprint density at radius 2 is 2.15 bits per heavy atom. The van der Waals surface area contributed by atoms with Crippen molar-refractivity contribution >= 4 is 17.3 Å². The van der Waals surface area contributed by atoms with Gasteiger partial charge in [-0.2, -0.15) is 0 Å². The first-order chi connectivity index (χ1) is 9.32. The third-order valence-electron chi connectivity index (χ3n) is 3.70. The van der Waals surface area contributed by atoms with E-state index in [1.807, 2.05) is 0 Å². The molecule has 0 spiro atoms. The Kier molecular flexibility index (Phi) is 3.65. The molecule has 1 amide bonds. The number of amides is 1. The largest absolute Gasteiger partial charge is 0.393 e. The average Bonchev–Trinajstić information content (AvgIpc) is 2.36. The zero-order valence-corrected chi connectivity index (χ0v) is 11.8. The Balaban J connectivity index is 2.30. The average molecular weight is 277 g/mol. The van der Waals surface area contributed by atoms with Crippen LogP contribution in [0.25, 0.3) is 0 Å². The van der Waals surface area contributed by atoms with Gasteiger partial charge in [-0.1, -0.05) is 19.9 Å². The minimum absolute atomic E-state index is 0.0501. The lowest BCUT2D eigenvalue weighted by Crippen LogP contribution is -2.43. The van der Waals surface area contributed by atoms with Crippen molar-refractivity contribution in [1.29, 1.82) is 0 Å². The molecule has 0 aliphatic carbocycles. The summed E-state index contributed by atoms with van der Waals surface area (Å²) in [6, 6.07) is 4.36. The molecule has 1 saturated heterocycles. The first-order valence-electron chi connectivity index (χ1n) is 6.64. The number of para-hydroxylation sites is 1. The summed E-state index contributed by atoms with van der Waals surface area (Å²) >= 11 is 0. The van der Waals surface area contributed by atoms with Crippen LogP contribution in [0.3, 0.4) is 0 Å². The molecule has 1 aromatic rings. The normalized spacial score (nSPS) is 17.8. The van der Waals surface area contributed by atoms with E-state index in [-0.39, 0.29) is 28.3 Å². The number of anilines is 1. The SMILES string of the molecule is CC1(C)CCCN(C(=O)c2cccc([N+](=O)[O-])c2N)C1. The van der Waals surface area contributed by atoms with E-state index in [9.17, 15) is 14.9 Å². The highest BCUT2D eigenvalue weighted by molar-refractivity contribution is 6.01. The number of hydrogen-bond acceptors (Lipinski definition) is 4. The molecule has 1 fully saturated rings. The second-order valence-corrected chi connectivity index (χ2v) is 5.99. The Morgan fingerprint density at radius 3 is 2.75 bits per heavy atom. The smallest absolute Gasteiger partial charge is 0.292 e. The number of likely N-dealkylation sites (tertiary alicyclic amines) is 1. The van der Waals surface area contributed by atoms with E-state index in [2.05, 4.69) is 13.8 Å². The van der Waals surface area contributed by atoms with Gasteiger partial charge in [-0.05, 0) is 24.3 Å². The summed E-state index contributed by atoms with van der Waals surface area (Å²) < 4.78 is 0. The molecule has 1 heterocycles. The van der Waals surface area contributed by atoms with Gasteiger partial charge in [-0.25, -0.2) is 0 Å². The molecular weight excluding hydrogens is 258 g/mol. The van der Waals surface area contributed by atoms with E-state index in [1.54, 1.807) is 11.0 Å². The maximum Gasteiger partial charge on any atom is 0.292 e. The molecule has 6 heteroatoms. The molecule has 0 radical (unpaired) electrons. The van der Waals surface area contributed by atoms with E-state index in [0.29, 0.717) is 13.1 Å². The maximum atomic E-state index is 12.5. The highest BCUT2D eigenvalue weighted by Crippen LogP contribution is 2.31. The molecule has 0 bridgehead atoms. The predicted molar refractivity (Wildman–Crippen MR) is 76.4 cm³/mol. The van der Waals surface area contributed by atoms with Crippen molar-refractivity contribution in [1.82, 2.24) is 4.90 Å². The van der Waals surface area contributed by atoms with E-state index >= 15 is 0 Å². The Bertz CT molecular complexity index is 555. The summed E-state index contributed by atoms with van der Waals surface area (Å²) in [4.78, 5) is 24.6. The van der Waals surface area contributed by atoms with Gasteiger partial charge in [0.05, 0.1) is 10.5 Å². The molecular formula is C14H19N3O3. The van der Waals surface area contributed by atoms with Gasteiger partial charge in [0.25, 0.3) is 11.6 Å². The zero-order chi connectivity index (χ0) is 14.9. The number of nitrogens with two attached hydrogens (primary N) is 1. The number of carbonyl (C=O) groups excluding carboxylic acids is 1. The molecule has 1 aromatic carbocycles. The van der Waals surface area contributed by atoms with Crippen LogP contribution in [0.1, 0.15) is 37.0 Å². The first-order valence-corrected chi connectivity index (χ1v) is 6.64. The van der Waals surface area contributed by atoms with Gasteiger partial charge in [-0.15, -0.1) is 0 Å². The fourth-order valence-corrected chi connectivity index (χ4v) is 2.67. The number of hydrogen-bond donors (Lipinski definition) is 1. The summed E-state index contributed by atoms with van der Waals surface area (Å²) in [5.41, 5.74) is 5.80. The second kappa shape index (κ2) is 5.11. The van der Waals surface area contributed by atoms with Crippen LogP contribution in [0, 0.1) is 15.5 Å². The molecule has 108 valence electrons. The summed E-state index contributed by atoms with van der Waals surface area (Å²) in [5, 5.41) is 10.9. The van der Waals surface area contributed by atoms with Crippen molar-refractivity contribution in [2.24, 2.45) is 5.41 Å². The minimum atomic E-state index is -0.563. The van der Waals surface area contributed by atoms with Gasteiger partial charge in [0, 0.05) is 19.2 Å². The van der Waals surface area contributed by atoms with Crippen LogP contribution in [-0.4, -0.2) is 28.8 Å². The molecule has 1 aliphatic rings. The number of nitro benzene ring substituents is 1. The predicted octanol–water partition coefficient (Wildman–Crippen LogP) is 2.44. The molecule has 0 atom stereocenters. The van der Waals surface area contributed by atoms with Crippen molar-refractivity contribution in [3.63, 3.8) is 0 Å². The van der Waals surface area contributed by atoms with Crippen LogP contribution >= 0.6 is 0 Å². The molecule has 20 heavy (non-hydrogen) atoms. The number of carbonyl (C=O) groups is 1. The van der Waals surface area contributed by atoms with Crippen LogP contribution in [-0.2, 0) is 0 Å². The van der Waals surface area contributed by atoms with Crippen LogP contribution in [0.4, 0.5) is 11.4 Å². The third-order valence-corrected chi connectivity index (χ3v) is 3.70. The standard InChI is InChI=1S/C14H19N3O3/c1-14(2)7-4-8-16(9-14)13(18)10-5-3-6-11(12(10)15)17(19)20/h3,5-6H,4,7-9,15H2,1-2H3. The Hall–Kier alpha value is -2.11. The topological polar surface area (TPSA) is 89.5 Å². The second-order valence-electron chi connectivity index (χ2n) is 5.99. The number of piperidine rings is 1. The van der Waals surface area contributed by atoms with Crippen LogP contribution < -0.4 is 5.73 Å². The molecule has 0 aromatic heterocycles. The monoisotopic (exact) mass is 277 g/mol. The third kappa shape index (κ3) is 2.74. The number of nitrogen functional groups attached to an aromatic ring is 1. The van der Waals surface area contributed by atoms with Gasteiger partial charge in [0.1, 0.15) is 5.69 Å². The lowest BCUT2D eigenvalue weighted by atomic mass is 9.84. The summed E-state index contributed by atoms with van der Waals surface area (Å²) in [5.74, 6) is -0.223. The summed E-state index contributed by atoms with van der Waals surface area (Å²) in [7, 11) is 0. The number of nitro groups is 1. The Morgan fingerprint density at radius 1 is 1.45 bits per heavy atom. The van der Waals surface area contributed by atoms with Gasteiger partial charge < -0.3 is 10.6 Å².